The van der Waals surface area contributed by atoms with Crippen molar-refractivity contribution in [2.75, 3.05) is 67.1 Å². The molecule has 16 nitrogen and oxygen atoms in total. The normalized spacial score (nSPS) is 18.1. The van der Waals surface area contributed by atoms with Crippen molar-refractivity contribution in [1.29, 1.82) is 0 Å². The van der Waals surface area contributed by atoms with Crippen LogP contribution in [-0.4, -0.2) is 101 Å². The van der Waals surface area contributed by atoms with Crippen LogP contribution in [0, 0.1) is 5.41 Å². The number of nitrogens with zero attached hydrogens (tertiary/aromatic N) is 7. The Bertz CT molecular complexity index is 3080. The first kappa shape index (κ1) is 45.9. The molecule has 10 rings (SSSR count). The van der Waals surface area contributed by atoms with Crippen LogP contribution in [0.3, 0.4) is 0 Å². The van der Waals surface area contributed by atoms with Crippen molar-refractivity contribution in [3.05, 3.63) is 113 Å². The number of carbonyl (C=O) groups excluding carboxylic acids is 4. The molecular formula is C51H52BrN10O6P. The van der Waals surface area contributed by atoms with Gasteiger partial charge in [-0.2, -0.15) is 10.1 Å². The van der Waals surface area contributed by atoms with Gasteiger partial charge < -0.3 is 29.7 Å². The van der Waals surface area contributed by atoms with Crippen LogP contribution < -0.4 is 35.8 Å². The van der Waals surface area contributed by atoms with E-state index in [0.717, 1.165) is 90.4 Å². The predicted octanol–water partition coefficient (Wildman–Crippen LogP) is 8.34. The standard InChI is InChI=1S/C51H52BrN10O6P/c1-59-30-33(28-54-59)36-26-40(56-50-53-29-38(52)46(58-50)55-39-13-10-32(24-44(39)69(3,4)67)31-8-6-5-7-9-31)43(68-2)27-42(36)61-22-18-51(19-23-61)16-20-60(21-17-51)34-11-12-35-37(25-34)49(66)62(48(35)65)41-14-15-45(63)57-47(41)64/h5-13,24-30,41H,14-23H2,1-4H3,(H,57,63,64)(H2,53,55,56,58). The lowest BCUT2D eigenvalue weighted by molar-refractivity contribution is -0.136. The van der Waals surface area contributed by atoms with Gasteiger partial charge in [-0.1, -0.05) is 36.4 Å². The second kappa shape index (κ2) is 18.2. The molecule has 4 aromatic carbocycles. The van der Waals surface area contributed by atoms with E-state index >= 15 is 0 Å². The number of benzene rings is 4. The number of ether oxygens (including phenoxy) is 1. The van der Waals surface area contributed by atoms with Gasteiger partial charge in [0.2, 0.25) is 17.8 Å². The molecule has 3 saturated heterocycles. The number of aryl methyl sites for hydroxylation is 1. The summed E-state index contributed by atoms with van der Waals surface area (Å²) in [7, 11) is 0.835. The molecule has 3 N–H and O–H groups in total. The summed E-state index contributed by atoms with van der Waals surface area (Å²) in [5, 5.41) is 14.3. The zero-order chi connectivity index (χ0) is 48.2. The molecule has 4 aliphatic heterocycles. The van der Waals surface area contributed by atoms with Gasteiger partial charge in [0.25, 0.3) is 11.8 Å². The van der Waals surface area contributed by atoms with Crippen LogP contribution in [0.4, 0.5) is 34.5 Å². The minimum Gasteiger partial charge on any atom is -0.494 e. The second-order valence-corrected chi connectivity index (χ2v) is 22.8. The van der Waals surface area contributed by atoms with Crippen molar-refractivity contribution in [2.45, 2.75) is 44.6 Å². The number of anilines is 6. The first-order valence-corrected chi connectivity index (χ1v) is 26.4. The minimum absolute atomic E-state index is 0.0783. The number of imide groups is 2. The maximum absolute atomic E-state index is 13.7. The quantitative estimate of drug-likeness (QED) is 0.0833. The van der Waals surface area contributed by atoms with Crippen LogP contribution in [0.2, 0.25) is 0 Å². The number of rotatable bonds is 11. The molecule has 0 saturated carbocycles. The summed E-state index contributed by atoms with van der Waals surface area (Å²) in [6.07, 6.45) is 9.71. The Labute approximate surface area is 408 Å². The van der Waals surface area contributed by atoms with Crippen LogP contribution in [-0.2, 0) is 21.2 Å². The summed E-state index contributed by atoms with van der Waals surface area (Å²) >= 11 is 3.63. The van der Waals surface area contributed by atoms with E-state index in [4.69, 9.17) is 9.72 Å². The van der Waals surface area contributed by atoms with Crippen molar-refractivity contribution in [2.24, 2.45) is 12.5 Å². The number of piperidine rings is 3. The molecule has 6 aromatic rings. The Balaban J connectivity index is 0.844. The van der Waals surface area contributed by atoms with Gasteiger partial charge >= 0.3 is 0 Å². The van der Waals surface area contributed by atoms with Crippen LogP contribution >= 0.6 is 23.1 Å². The first-order valence-electron chi connectivity index (χ1n) is 23.1. The summed E-state index contributed by atoms with van der Waals surface area (Å²) < 4.78 is 22.1. The van der Waals surface area contributed by atoms with Crippen molar-refractivity contribution in [3.63, 3.8) is 0 Å². The van der Waals surface area contributed by atoms with E-state index in [1.165, 1.54) is 0 Å². The number of methoxy groups -OCH3 is 1. The molecule has 1 unspecified atom stereocenters. The number of hydrogen-bond acceptors (Lipinski definition) is 13. The molecule has 18 heteroatoms. The highest BCUT2D eigenvalue weighted by Gasteiger charge is 2.45. The average molecular weight is 1010 g/mol. The van der Waals surface area contributed by atoms with Gasteiger partial charge in [0, 0.05) is 85.9 Å². The van der Waals surface area contributed by atoms with Gasteiger partial charge in [-0.3, -0.25) is 34.1 Å². The van der Waals surface area contributed by atoms with Gasteiger partial charge in [-0.05, 0) is 114 Å². The molecule has 0 radical (unpaired) electrons. The van der Waals surface area contributed by atoms with Gasteiger partial charge in [0.15, 0.2) is 0 Å². The van der Waals surface area contributed by atoms with Crippen LogP contribution in [0.5, 0.6) is 5.75 Å². The van der Waals surface area contributed by atoms with Crippen LogP contribution in [0.15, 0.2) is 102 Å². The number of halogens is 1. The Morgan fingerprint density at radius 2 is 1.51 bits per heavy atom. The van der Waals surface area contributed by atoms with E-state index in [9.17, 15) is 23.7 Å². The number of nitrogens with one attached hydrogen (secondary N) is 3. The molecule has 3 fully saturated rings. The third-order valence-corrected chi connectivity index (χ3v) is 16.2. The molecule has 0 bridgehead atoms. The molecule has 69 heavy (non-hydrogen) atoms. The average Bonchev–Trinajstić information content (AvgIpc) is 3.89. The minimum atomic E-state index is -2.72. The van der Waals surface area contributed by atoms with E-state index in [1.54, 1.807) is 43.5 Å². The smallest absolute Gasteiger partial charge is 0.262 e. The molecule has 354 valence electrons. The number of hydrogen-bond donors (Lipinski definition) is 3. The topological polar surface area (TPSA) is 184 Å². The van der Waals surface area contributed by atoms with E-state index < -0.39 is 36.8 Å². The van der Waals surface area contributed by atoms with E-state index in [2.05, 4.69) is 63.9 Å². The second-order valence-electron chi connectivity index (χ2n) is 18.7. The maximum atomic E-state index is 13.7. The van der Waals surface area contributed by atoms with Gasteiger partial charge in [-0.25, -0.2) is 4.98 Å². The molecule has 1 atom stereocenters. The highest BCUT2D eigenvalue weighted by Crippen LogP contribution is 2.47. The number of aromatic nitrogens is 4. The number of fused-ring (bicyclic) bond motifs is 1. The van der Waals surface area contributed by atoms with Gasteiger partial charge in [0.05, 0.1) is 40.3 Å². The zero-order valence-electron chi connectivity index (χ0n) is 38.8. The Kier molecular flexibility index (Phi) is 12.1. The maximum Gasteiger partial charge on any atom is 0.262 e. The Morgan fingerprint density at radius 1 is 0.783 bits per heavy atom. The predicted molar refractivity (Wildman–Crippen MR) is 271 cm³/mol. The molecule has 6 heterocycles. The molecule has 4 amide bonds. The van der Waals surface area contributed by atoms with Crippen LogP contribution in [0.1, 0.15) is 59.2 Å². The summed E-state index contributed by atoms with van der Waals surface area (Å²) in [6.45, 7) is 6.84. The number of amides is 4. The fourth-order valence-corrected chi connectivity index (χ4v) is 11.6. The fourth-order valence-electron chi connectivity index (χ4n) is 10.2. The lowest BCUT2D eigenvalue weighted by atomic mass is 9.71. The summed E-state index contributed by atoms with van der Waals surface area (Å²) in [4.78, 5) is 66.4. The van der Waals surface area contributed by atoms with Crippen LogP contribution in [0.25, 0.3) is 22.3 Å². The van der Waals surface area contributed by atoms with E-state index in [1.807, 2.05) is 74.0 Å². The molecule has 1 spiro atoms. The summed E-state index contributed by atoms with van der Waals surface area (Å²) in [5.74, 6) is -0.549. The highest BCUT2D eigenvalue weighted by atomic mass is 79.9. The lowest BCUT2D eigenvalue weighted by Crippen LogP contribution is -2.54. The highest BCUT2D eigenvalue weighted by molar-refractivity contribution is 9.10. The van der Waals surface area contributed by atoms with Crippen molar-refractivity contribution in [3.8, 4) is 28.0 Å². The monoisotopic (exact) mass is 1010 g/mol. The third kappa shape index (κ3) is 9.01. The van der Waals surface area contributed by atoms with Crippen molar-refractivity contribution >= 4 is 86.5 Å². The first-order chi connectivity index (χ1) is 33.2. The van der Waals surface area contributed by atoms with Crippen molar-refractivity contribution in [1.82, 2.24) is 30.0 Å². The summed E-state index contributed by atoms with van der Waals surface area (Å²) in [5.41, 5.74) is 7.97. The molecule has 2 aromatic heterocycles. The Hall–Kier alpha value is -6.84. The van der Waals surface area contributed by atoms with E-state index in [0.29, 0.717) is 44.2 Å². The molecular weight excluding hydrogens is 960 g/mol. The number of carbonyl (C=O) groups is 4. The molecule has 4 aliphatic rings. The van der Waals surface area contributed by atoms with Crippen molar-refractivity contribution < 1.29 is 28.5 Å². The van der Waals surface area contributed by atoms with Gasteiger partial charge in [0.1, 0.15) is 24.8 Å². The lowest BCUT2D eigenvalue weighted by Gasteiger charge is -2.48. The van der Waals surface area contributed by atoms with E-state index in [-0.39, 0.29) is 23.8 Å². The third-order valence-electron chi connectivity index (χ3n) is 14.0. The zero-order valence-corrected chi connectivity index (χ0v) is 41.3. The Morgan fingerprint density at radius 3 is 2.19 bits per heavy atom. The van der Waals surface area contributed by atoms with Gasteiger partial charge in [-0.15, -0.1) is 0 Å². The fraction of sp³-hybridized carbons (Fsp3) is 0.314. The molecule has 0 aliphatic carbocycles. The largest absolute Gasteiger partial charge is 0.494 e. The summed E-state index contributed by atoms with van der Waals surface area (Å²) in [6, 6.07) is 24.5. The SMILES string of the molecule is COc1cc(N2CCC3(CCN(c4ccc5c(c4)C(=O)N(C4CCC(=O)NC4=O)C5=O)CC3)CC2)c(-c2cnn(C)c2)cc1Nc1ncc(Br)c(Nc2ccc(-c3ccccc3)cc2P(C)(C)=O)n1.